The van der Waals surface area contributed by atoms with Gasteiger partial charge in [0.15, 0.2) is 0 Å². The monoisotopic (exact) mass is 185 g/mol. The predicted octanol–water partition coefficient (Wildman–Crippen LogP) is 2.32. The van der Waals surface area contributed by atoms with Crippen molar-refractivity contribution in [2.45, 2.75) is 58.1 Å². The number of hydrogen-bond donors (Lipinski definition) is 1. The summed E-state index contributed by atoms with van der Waals surface area (Å²) in [6.07, 6.45) is 6.46. The summed E-state index contributed by atoms with van der Waals surface area (Å²) >= 11 is 0. The van der Waals surface area contributed by atoms with E-state index >= 15 is 0 Å². The lowest BCUT2D eigenvalue weighted by atomic mass is 9.94. The van der Waals surface area contributed by atoms with Crippen LogP contribution < -0.4 is 5.73 Å². The Morgan fingerprint density at radius 3 is 2.85 bits per heavy atom. The minimum atomic E-state index is 0.370. The van der Waals surface area contributed by atoms with E-state index in [2.05, 4.69) is 13.8 Å². The van der Waals surface area contributed by atoms with E-state index in [0.29, 0.717) is 18.1 Å². The number of ether oxygens (including phenoxy) is 1. The van der Waals surface area contributed by atoms with Gasteiger partial charge in [-0.25, -0.2) is 0 Å². The van der Waals surface area contributed by atoms with Crippen LogP contribution in [-0.2, 0) is 4.74 Å². The quantitative estimate of drug-likeness (QED) is 0.713. The molecule has 1 saturated heterocycles. The van der Waals surface area contributed by atoms with E-state index in [-0.39, 0.29) is 0 Å². The Kier molecular flexibility index (Phi) is 4.74. The largest absolute Gasteiger partial charge is 0.378 e. The molecule has 1 fully saturated rings. The molecule has 0 radical (unpaired) electrons. The zero-order chi connectivity index (χ0) is 9.68. The summed E-state index contributed by atoms with van der Waals surface area (Å²) in [5, 5.41) is 0. The van der Waals surface area contributed by atoms with Gasteiger partial charge in [-0.15, -0.1) is 0 Å². The van der Waals surface area contributed by atoms with Gasteiger partial charge in [-0.05, 0) is 31.6 Å². The summed E-state index contributed by atoms with van der Waals surface area (Å²) in [6.45, 7) is 5.40. The smallest absolute Gasteiger partial charge is 0.0576 e. The molecule has 0 bridgehead atoms. The zero-order valence-corrected chi connectivity index (χ0v) is 8.96. The highest BCUT2D eigenvalue weighted by molar-refractivity contribution is 4.72. The van der Waals surface area contributed by atoms with Crippen LogP contribution in [0.25, 0.3) is 0 Å². The molecule has 2 nitrogen and oxygen atoms in total. The summed E-state index contributed by atoms with van der Waals surface area (Å²) in [5.74, 6) is 0.654. The molecule has 0 aromatic carbocycles. The van der Waals surface area contributed by atoms with Gasteiger partial charge in [0.2, 0.25) is 0 Å². The van der Waals surface area contributed by atoms with E-state index in [1.54, 1.807) is 0 Å². The maximum Gasteiger partial charge on any atom is 0.0576 e. The van der Waals surface area contributed by atoms with E-state index in [1.807, 2.05) is 0 Å². The second kappa shape index (κ2) is 5.61. The molecular formula is C11H23NO. The van der Waals surface area contributed by atoms with E-state index in [1.165, 1.54) is 19.3 Å². The van der Waals surface area contributed by atoms with Gasteiger partial charge in [0.1, 0.15) is 0 Å². The Bertz CT molecular complexity index is 132. The van der Waals surface area contributed by atoms with E-state index in [0.717, 1.165) is 19.4 Å². The summed E-state index contributed by atoms with van der Waals surface area (Å²) in [4.78, 5) is 0. The molecule has 0 aromatic heterocycles. The van der Waals surface area contributed by atoms with Crippen molar-refractivity contribution < 1.29 is 4.74 Å². The fraction of sp³-hybridized carbons (Fsp3) is 1.00. The molecular weight excluding hydrogens is 162 g/mol. The van der Waals surface area contributed by atoms with Crippen LogP contribution in [0.4, 0.5) is 0 Å². The van der Waals surface area contributed by atoms with Crippen LogP contribution in [0.2, 0.25) is 0 Å². The van der Waals surface area contributed by atoms with Gasteiger partial charge < -0.3 is 10.5 Å². The Morgan fingerprint density at radius 1 is 1.54 bits per heavy atom. The van der Waals surface area contributed by atoms with Crippen molar-refractivity contribution in [2.24, 2.45) is 11.7 Å². The maximum atomic E-state index is 6.05. The Labute approximate surface area is 81.8 Å². The van der Waals surface area contributed by atoms with Crippen LogP contribution in [0.15, 0.2) is 0 Å². The number of nitrogens with two attached hydrogens (primary N) is 1. The first-order chi connectivity index (χ1) is 6.24. The van der Waals surface area contributed by atoms with Crippen molar-refractivity contribution in [3.63, 3.8) is 0 Å². The molecule has 2 heteroatoms. The first-order valence-corrected chi connectivity index (χ1v) is 5.61. The molecule has 78 valence electrons. The second-order valence-corrected chi connectivity index (χ2v) is 4.26. The molecule has 0 amide bonds. The zero-order valence-electron chi connectivity index (χ0n) is 8.96. The topological polar surface area (TPSA) is 35.2 Å². The lowest BCUT2D eigenvalue weighted by Gasteiger charge is -2.19. The highest BCUT2D eigenvalue weighted by Gasteiger charge is 2.18. The molecule has 0 aliphatic carbocycles. The van der Waals surface area contributed by atoms with Crippen LogP contribution in [0.5, 0.6) is 0 Å². The fourth-order valence-electron chi connectivity index (χ4n) is 1.84. The van der Waals surface area contributed by atoms with Crippen molar-refractivity contribution in [3.8, 4) is 0 Å². The average Bonchev–Trinajstić information content (AvgIpc) is 2.65. The summed E-state index contributed by atoms with van der Waals surface area (Å²) in [5.41, 5.74) is 6.05. The molecule has 2 N–H and O–H groups in total. The lowest BCUT2D eigenvalue weighted by molar-refractivity contribution is 0.0990. The summed E-state index contributed by atoms with van der Waals surface area (Å²) in [7, 11) is 0. The molecule has 13 heavy (non-hydrogen) atoms. The molecule has 0 spiro atoms. The van der Waals surface area contributed by atoms with E-state index in [4.69, 9.17) is 10.5 Å². The van der Waals surface area contributed by atoms with Crippen molar-refractivity contribution in [1.82, 2.24) is 0 Å². The van der Waals surface area contributed by atoms with Crippen molar-refractivity contribution in [3.05, 3.63) is 0 Å². The van der Waals surface area contributed by atoms with Crippen LogP contribution in [-0.4, -0.2) is 18.8 Å². The molecule has 0 saturated carbocycles. The van der Waals surface area contributed by atoms with E-state index < -0.39 is 0 Å². The lowest BCUT2D eigenvalue weighted by Crippen LogP contribution is -2.28. The molecule has 1 aliphatic rings. The minimum absolute atomic E-state index is 0.370. The standard InChI is InChI=1S/C11H23NO/c1-3-9(2)11(12)7-6-10-5-4-8-13-10/h9-11H,3-8,12H2,1-2H3. The molecule has 3 unspecified atom stereocenters. The van der Waals surface area contributed by atoms with Gasteiger partial charge in [-0.1, -0.05) is 20.3 Å². The SMILES string of the molecule is CCC(C)C(N)CCC1CCCO1. The first-order valence-electron chi connectivity index (χ1n) is 5.61. The van der Waals surface area contributed by atoms with Crippen LogP contribution in [0.1, 0.15) is 46.0 Å². The molecule has 3 atom stereocenters. The fourth-order valence-corrected chi connectivity index (χ4v) is 1.84. The van der Waals surface area contributed by atoms with Gasteiger partial charge in [0.05, 0.1) is 6.10 Å². The third-order valence-corrected chi connectivity index (χ3v) is 3.22. The molecule has 0 aromatic rings. The Morgan fingerprint density at radius 2 is 2.31 bits per heavy atom. The van der Waals surface area contributed by atoms with Crippen LogP contribution >= 0.6 is 0 Å². The highest BCUT2D eigenvalue weighted by Crippen LogP contribution is 2.19. The average molecular weight is 185 g/mol. The van der Waals surface area contributed by atoms with Gasteiger partial charge >= 0.3 is 0 Å². The van der Waals surface area contributed by atoms with Gasteiger partial charge in [-0.3, -0.25) is 0 Å². The molecule has 1 heterocycles. The Hall–Kier alpha value is -0.0800. The molecule has 1 rings (SSSR count). The van der Waals surface area contributed by atoms with Crippen molar-refractivity contribution in [2.75, 3.05) is 6.61 Å². The highest BCUT2D eigenvalue weighted by atomic mass is 16.5. The Balaban J connectivity index is 2.10. The predicted molar refractivity (Wildman–Crippen MR) is 55.6 cm³/mol. The first kappa shape index (κ1) is 11.0. The van der Waals surface area contributed by atoms with Crippen molar-refractivity contribution >= 4 is 0 Å². The normalized spacial score (nSPS) is 27.5. The second-order valence-electron chi connectivity index (χ2n) is 4.26. The van der Waals surface area contributed by atoms with E-state index in [9.17, 15) is 0 Å². The maximum absolute atomic E-state index is 6.05. The van der Waals surface area contributed by atoms with Gasteiger partial charge in [0.25, 0.3) is 0 Å². The summed E-state index contributed by atoms with van der Waals surface area (Å²) < 4.78 is 5.56. The van der Waals surface area contributed by atoms with Gasteiger partial charge in [0, 0.05) is 12.6 Å². The third kappa shape index (κ3) is 3.65. The van der Waals surface area contributed by atoms with Crippen LogP contribution in [0, 0.1) is 5.92 Å². The van der Waals surface area contributed by atoms with Crippen LogP contribution in [0.3, 0.4) is 0 Å². The number of hydrogen-bond acceptors (Lipinski definition) is 2. The minimum Gasteiger partial charge on any atom is -0.378 e. The third-order valence-electron chi connectivity index (χ3n) is 3.22. The molecule has 1 aliphatic heterocycles. The number of rotatable bonds is 5. The van der Waals surface area contributed by atoms with Gasteiger partial charge in [-0.2, -0.15) is 0 Å². The van der Waals surface area contributed by atoms with Crippen molar-refractivity contribution in [1.29, 1.82) is 0 Å². The summed E-state index contributed by atoms with van der Waals surface area (Å²) in [6, 6.07) is 0.370.